The highest BCUT2D eigenvalue weighted by atomic mass is 35.5. The number of benzene rings is 1. The molecule has 5 aromatic rings. The minimum Gasteiger partial charge on any atom is -0.389 e. The van der Waals surface area contributed by atoms with Gasteiger partial charge in [0.05, 0.1) is 65.0 Å². The number of carbonyl (C=O) groups excluding carboxylic acids is 1. The molecule has 0 bridgehead atoms. The Balaban J connectivity index is 1.43. The third-order valence-electron chi connectivity index (χ3n) is 6.06. The number of pyridine rings is 1. The van der Waals surface area contributed by atoms with Gasteiger partial charge in [-0.1, -0.05) is 11.6 Å². The van der Waals surface area contributed by atoms with Crippen LogP contribution in [-0.2, 0) is 17.8 Å². The van der Waals surface area contributed by atoms with Crippen LogP contribution in [-0.4, -0.2) is 70.4 Å². The summed E-state index contributed by atoms with van der Waals surface area (Å²) in [6.07, 6.45) is 4.32. The molecular weight excluding hydrogens is 529 g/mol. The standard InChI is InChI=1S/C25H25ClFN9O3/c1-4-36-32-24(30-33-36)17-8-22(20(26)9-21(17)27)29-25(38)18-10-28-35-6-5-15(7-23(18)35)19-12-34(31-14(19)2)11-16(37)13-39-3/h5-10,12,16,37H,4,11,13H2,1-3H3,(H,29,38)/t16-/m0/s1. The number of rotatable bonds is 9. The minimum absolute atomic E-state index is 0.0170. The molecule has 5 rings (SSSR count). The molecule has 4 aromatic heterocycles. The van der Waals surface area contributed by atoms with Crippen molar-refractivity contribution in [3.63, 3.8) is 0 Å². The molecule has 0 fully saturated rings. The summed E-state index contributed by atoms with van der Waals surface area (Å²) in [5.41, 5.74) is 3.49. The fourth-order valence-electron chi connectivity index (χ4n) is 4.17. The number of carbonyl (C=O) groups is 1. The number of methoxy groups -OCH3 is 1. The lowest BCUT2D eigenvalue weighted by Gasteiger charge is -2.09. The first-order valence-electron chi connectivity index (χ1n) is 12.0. The minimum atomic E-state index is -0.692. The van der Waals surface area contributed by atoms with Crippen molar-refractivity contribution in [3.8, 4) is 22.5 Å². The van der Waals surface area contributed by atoms with Gasteiger partial charge in [-0.2, -0.15) is 15.0 Å². The van der Waals surface area contributed by atoms with Crippen molar-refractivity contribution in [2.45, 2.75) is 33.0 Å². The summed E-state index contributed by atoms with van der Waals surface area (Å²) in [5.74, 6) is -1.05. The van der Waals surface area contributed by atoms with E-state index in [1.54, 1.807) is 15.4 Å². The van der Waals surface area contributed by atoms with Crippen molar-refractivity contribution in [1.29, 1.82) is 0 Å². The van der Waals surface area contributed by atoms with Gasteiger partial charge in [-0.3, -0.25) is 9.48 Å². The fourth-order valence-corrected chi connectivity index (χ4v) is 4.37. The van der Waals surface area contributed by atoms with E-state index in [1.165, 1.54) is 24.2 Å². The van der Waals surface area contributed by atoms with Crippen LogP contribution in [0.25, 0.3) is 28.0 Å². The summed E-state index contributed by atoms with van der Waals surface area (Å²) in [7, 11) is 1.52. The van der Waals surface area contributed by atoms with E-state index in [0.717, 1.165) is 22.9 Å². The first kappa shape index (κ1) is 26.4. The zero-order valence-corrected chi connectivity index (χ0v) is 22.1. The Kier molecular flexibility index (Phi) is 7.37. The molecule has 202 valence electrons. The zero-order valence-electron chi connectivity index (χ0n) is 21.3. The van der Waals surface area contributed by atoms with Gasteiger partial charge in [-0.25, -0.2) is 8.91 Å². The number of nitrogens with zero attached hydrogens (tertiary/aromatic N) is 8. The van der Waals surface area contributed by atoms with E-state index in [-0.39, 0.29) is 40.8 Å². The van der Waals surface area contributed by atoms with Crippen molar-refractivity contribution in [2.75, 3.05) is 19.0 Å². The van der Waals surface area contributed by atoms with Crippen LogP contribution in [0.5, 0.6) is 0 Å². The van der Waals surface area contributed by atoms with Crippen LogP contribution in [0.4, 0.5) is 10.1 Å². The number of aliphatic hydroxyl groups is 1. The van der Waals surface area contributed by atoms with Crippen molar-refractivity contribution >= 4 is 28.7 Å². The average Bonchev–Trinajstić information content (AvgIpc) is 3.63. The van der Waals surface area contributed by atoms with Gasteiger partial charge in [0.15, 0.2) is 0 Å². The first-order valence-corrected chi connectivity index (χ1v) is 12.4. The highest BCUT2D eigenvalue weighted by Gasteiger charge is 2.20. The van der Waals surface area contributed by atoms with Crippen LogP contribution in [0.2, 0.25) is 5.02 Å². The van der Waals surface area contributed by atoms with Crippen molar-refractivity contribution in [2.24, 2.45) is 0 Å². The Hall–Kier alpha value is -4.20. The summed E-state index contributed by atoms with van der Waals surface area (Å²) in [4.78, 5) is 14.6. The lowest BCUT2D eigenvalue weighted by molar-refractivity contribution is 0.0513. The van der Waals surface area contributed by atoms with E-state index in [2.05, 4.69) is 30.9 Å². The lowest BCUT2D eigenvalue weighted by Crippen LogP contribution is -2.21. The van der Waals surface area contributed by atoms with Gasteiger partial charge in [0.25, 0.3) is 5.91 Å². The highest BCUT2D eigenvalue weighted by Crippen LogP contribution is 2.31. The number of anilines is 1. The maximum absolute atomic E-state index is 14.6. The van der Waals surface area contributed by atoms with Gasteiger partial charge in [-0.05, 0) is 48.9 Å². The molecule has 0 aliphatic carbocycles. The van der Waals surface area contributed by atoms with Crippen LogP contribution in [0.3, 0.4) is 0 Å². The Morgan fingerprint density at radius 2 is 2.08 bits per heavy atom. The number of tetrazole rings is 1. The van der Waals surface area contributed by atoms with Crippen LogP contribution >= 0.6 is 11.6 Å². The molecule has 1 atom stereocenters. The summed E-state index contributed by atoms with van der Waals surface area (Å²) in [5, 5.41) is 33.4. The molecule has 0 aliphatic rings. The number of aryl methyl sites for hydroxylation is 2. The molecule has 0 saturated heterocycles. The molecule has 39 heavy (non-hydrogen) atoms. The van der Waals surface area contributed by atoms with Gasteiger partial charge >= 0.3 is 0 Å². The molecule has 12 nitrogen and oxygen atoms in total. The molecule has 1 amide bonds. The van der Waals surface area contributed by atoms with Gasteiger partial charge in [0.2, 0.25) is 5.82 Å². The predicted molar refractivity (Wildman–Crippen MR) is 141 cm³/mol. The molecule has 4 heterocycles. The second kappa shape index (κ2) is 10.9. The zero-order chi connectivity index (χ0) is 27.7. The van der Waals surface area contributed by atoms with Crippen molar-refractivity contribution < 1.29 is 19.0 Å². The molecule has 1 aromatic carbocycles. The molecule has 14 heteroatoms. The van der Waals surface area contributed by atoms with Crippen LogP contribution in [0, 0.1) is 12.7 Å². The molecule has 0 aliphatic heterocycles. The predicted octanol–water partition coefficient (Wildman–Crippen LogP) is 3.23. The summed E-state index contributed by atoms with van der Waals surface area (Å²) >= 11 is 6.25. The van der Waals surface area contributed by atoms with Gasteiger partial charge in [0.1, 0.15) is 5.82 Å². The molecular formula is C25H25ClFN9O3. The SMILES string of the molecule is CCn1nnc(-c2cc(NC(=O)c3cnn4ccc(-c5cn(C[C@H](O)COC)nc5C)cc34)c(Cl)cc2F)n1. The Labute approximate surface area is 227 Å². The Morgan fingerprint density at radius 3 is 2.82 bits per heavy atom. The van der Waals surface area contributed by atoms with E-state index in [1.807, 2.05) is 32.2 Å². The number of amides is 1. The largest absolute Gasteiger partial charge is 0.389 e. The third kappa shape index (κ3) is 5.37. The van der Waals surface area contributed by atoms with Crippen molar-refractivity contribution in [1.82, 2.24) is 39.6 Å². The monoisotopic (exact) mass is 553 g/mol. The molecule has 0 saturated carbocycles. The van der Waals surface area contributed by atoms with E-state index in [9.17, 15) is 14.3 Å². The summed E-state index contributed by atoms with van der Waals surface area (Å²) in [6, 6.07) is 6.16. The quantitative estimate of drug-likeness (QED) is 0.284. The number of hydrogen-bond acceptors (Lipinski definition) is 8. The second-order valence-corrected chi connectivity index (χ2v) is 9.24. The van der Waals surface area contributed by atoms with E-state index >= 15 is 0 Å². The van der Waals surface area contributed by atoms with E-state index < -0.39 is 17.8 Å². The molecule has 2 N–H and O–H groups in total. The van der Waals surface area contributed by atoms with E-state index in [4.69, 9.17) is 16.3 Å². The van der Waals surface area contributed by atoms with Crippen LogP contribution in [0.1, 0.15) is 23.0 Å². The number of aromatic nitrogens is 8. The number of halogens is 2. The fraction of sp³-hybridized carbons (Fsp3) is 0.280. The van der Waals surface area contributed by atoms with Gasteiger partial charge in [-0.15, -0.1) is 10.2 Å². The summed E-state index contributed by atoms with van der Waals surface area (Å²) < 4.78 is 22.9. The van der Waals surface area contributed by atoms with Gasteiger partial charge in [0, 0.05) is 25.1 Å². The number of fused-ring (bicyclic) bond motifs is 1. The lowest BCUT2D eigenvalue weighted by atomic mass is 10.1. The third-order valence-corrected chi connectivity index (χ3v) is 6.37. The van der Waals surface area contributed by atoms with Crippen LogP contribution in [0.15, 0.2) is 42.9 Å². The van der Waals surface area contributed by atoms with E-state index in [0.29, 0.717) is 12.1 Å². The van der Waals surface area contributed by atoms with Gasteiger partial charge < -0.3 is 15.2 Å². The maximum Gasteiger partial charge on any atom is 0.259 e. The summed E-state index contributed by atoms with van der Waals surface area (Å²) in [6.45, 7) is 4.65. The Morgan fingerprint density at radius 1 is 1.26 bits per heavy atom. The topological polar surface area (TPSA) is 137 Å². The first-order chi connectivity index (χ1) is 18.8. The normalized spacial score (nSPS) is 12.3. The molecule has 0 radical (unpaired) electrons. The number of ether oxygens (including phenoxy) is 1. The number of nitrogens with one attached hydrogen (secondary N) is 1. The Bertz CT molecular complexity index is 1660. The highest BCUT2D eigenvalue weighted by molar-refractivity contribution is 6.34. The second-order valence-electron chi connectivity index (χ2n) is 8.83. The van der Waals surface area contributed by atoms with Crippen LogP contribution < -0.4 is 5.32 Å². The number of hydrogen-bond donors (Lipinski definition) is 2. The van der Waals surface area contributed by atoms with Crippen molar-refractivity contribution in [3.05, 3.63) is 65.0 Å². The number of aliphatic hydroxyl groups excluding tert-OH is 1. The maximum atomic E-state index is 14.6. The smallest absolute Gasteiger partial charge is 0.259 e. The molecule has 0 spiro atoms. The average molecular weight is 554 g/mol. The molecule has 0 unspecified atom stereocenters.